The first-order valence-corrected chi connectivity index (χ1v) is 9.37. The Labute approximate surface area is 171 Å². The summed E-state index contributed by atoms with van der Waals surface area (Å²) in [7, 11) is 0. The van der Waals surface area contributed by atoms with E-state index in [-0.39, 0.29) is 5.75 Å². The van der Waals surface area contributed by atoms with Crippen LogP contribution in [0, 0.1) is 0 Å². The molecule has 2 N–H and O–H groups in total. The lowest BCUT2D eigenvalue weighted by atomic mass is 10.2. The summed E-state index contributed by atoms with van der Waals surface area (Å²) in [6.45, 7) is 0. The van der Waals surface area contributed by atoms with E-state index in [4.69, 9.17) is 11.6 Å². The number of rotatable bonds is 4. The highest BCUT2D eigenvalue weighted by Crippen LogP contribution is 2.33. The number of carbonyl (C=O) groups excluding carboxylic acids is 1. The molecular formula is C18H12Br2ClN3O2. The van der Waals surface area contributed by atoms with Gasteiger partial charge in [0, 0.05) is 22.5 Å². The zero-order valence-corrected chi connectivity index (χ0v) is 17.1. The molecule has 132 valence electrons. The minimum absolute atomic E-state index is 0.0332. The Bertz CT molecular complexity index is 961. The highest BCUT2D eigenvalue weighted by molar-refractivity contribution is 9.11. The molecule has 0 fully saturated rings. The molecule has 5 nitrogen and oxygen atoms in total. The van der Waals surface area contributed by atoms with Gasteiger partial charge in [-0.15, -0.1) is 0 Å². The second-order valence-corrected chi connectivity index (χ2v) is 7.41. The maximum Gasteiger partial charge on any atom is 0.271 e. The van der Waals surface area contributed by atoms with Gasteiger partial charge in [0.15, 0.2) is 0 Å². The normalized spacial score (nSPS) is 11.0. The van der Waals surface area contributed by atoms with E-state index in [1.165, 1.54) is 12.1 Å². The highest BCUT2D eigenvalue weighted by atomic mass is 79.9. The van der Waals surface area contributed by atoms with E-state index in [9.17, 15) is 9.90 Å². The van der Waals surface area contributed by atoms with Crippen LogP contribution in [0.2, 0.25) is 5.02 Å². The molecule has 0 aliphatic heterocycles. The Kier molecular flexibility index (Phi) is 5.80. The zero-order chi connectivity index (χ0) is 18.7. The average molecular weight is 498 g/mol. The van der Waals surface area contributed by atoms with Crippen LogP contribution in [0.15, 0.2) is 68.8 Å². The summed E-state index contributed by atoms with van der Waals surface area (Å²) >= 11 is 12.3. The average Bonchev–Trinajstić information content (AvgIpc) is 3.08. The molecule has 0 radical (unpaired) electrons. The maximum atomic E-state index is 12.2. The van der Waals surface area contributed by atoms with Gasteiger partial charge in [-0.25, -0.2) is 5.43 Å². The Hall–Kier alpha value is -2.09. The summed E-state index contributed by atoms with van der Waals surface area (Å²) in [5.74, 6) is -0.363. The molecule has 8 heteroatoms. The molecule has 1 aromatic heterocycles. The quantitative estimate of drug-likeness (QED) is 0.388. The van der Waals surface area contributed by atoms with Crippen molar-refractivity contribution < 1.29 is 9.90 Å². The standard InChI is InChI=1S/C18H12Br2ClN3O2/c19-15-8-11(9-16(20)17(15)25)18(26)23-22-10-14-2-1-7-24(14)13-5-3-12(21)4-6-13/h1-10,25H,(H,23,26)/b22-10-. The summed E-state index contributed by atoms with van der Waals surface area (Å²) in [6.07, 6.45) is 3.44. The second kappa shape index (κ2) is 8.07. The van der Waals surface area contributed by atoms with Crippen LogP contribution in [-0.2, 0) is 0 Å². The number of phenols is 1. The molecule has 1 amide bonds. The van der Waals surface area contributed by atoms with Gasteiger partial charge in [-0.2, -0.15) is 5.10 Å². The summed E-state index contributed by atoms with van der Waals surface area (Å²) < 4.78 is 2.75. The molecule has 1 heterocycles. The first-order valence-electron chi connectivity index (χ1n) is 7.40. The smallest absolute Gasteiger partial charge is 0.271 e. The van der Waals surface area contributed by atoms with Gasteiger partial charge in [0.25, 0.3) is 5.91 Å². The van der Waals surface area contributed by atoms with Gasteiger partial charge in [-0.3, -0.25) is 4.79 Å². The van der Waals surface area contributed by atoms with Crippen LogP contribution in [0.5, 0.6) is 5.75 Å². The lowest BCUT2D eigenvalue weighted by Gasteiger charge is -2.07. The minimum Gasteiger partial charge on any atom is -0.506 e. The van der Waals surface area contributed by atoms with Gasteiger partial charge < -0.3 is 9.67 Å². The summed E-state index contributed by atoms with van der Waals surface area (Å²) in [6, 6.07) is 14.2. The number of benzene rings is 2. The molecule has 0 unspecified atom stereocenters. The Balaban J connectivity index is 1.75. The van der Waals surface area contributed by atoms with Crippen molar-refractivity contribution in [2.45, 2.75) is 0 Å². The lowest BCUT2D eigenvalue weighted by Crippen LogP contribution is -2.18. The summed E-state index contributed by atoms with van der Waals surface area (Å²) in [4.78, 5) is 12.2. The van der Waals surface area contributed by atoms with Gasteiger partial charge in [0.05, 0.1) is 20.9 Å². The topological polar surface area (TPSA) is 66.6 Å². The van der Waals surface area contributed by atoms with Crippen molar-refractivity contribution in [2.24, 2.45) is 5.10 Å². The SMILES string of the molecule is O=C(N/N=C\c1cccn1-c1ccc(Cl)cc1)c1cc(Br)c(O)c(Br)c1. The largest absolute Gasteiger partial charge is 0.506 e. The molecule has 0 aliphatic rings. The number of hydrazone groups is 1. The van der Waals surface area contributed by atoms with Crippen molar-refractivity contribution in [1.29, 1.82) is 0 Å². The van der Waals surface area contributed by atoms with E-state index in [1.807, 2.05) is 35.0 Å². The van der Waals surface area contributed by atoms with Crippen LogP contribution < -0.4 is 5.43 Å². The van der Waals surface area contributed by atoms with Gasteiger partial charge >= 0.3 is 0 Å². The van der Waals surface area contributed by atoms with Crippen LogP contribution in [0.1, 0.15) is 16.1 Å². The zero-order valence-electron chi connectivity index (χ0n) is 13.2. The van der Waals surface area contributed by atoms with Crippen LogP contribution in [0.25, 0.3) is 5.69 Å². The fourth-order valence-corrected chi connectivity index (χ4v) is 3.57. The van der Waals surface area contributed by atoms with Crippen molar-refractivity contribution in [3.05, 3.63) is 80.0 Å². The molecule has 26 heavy (non-hydrogen) atoms. The fourth-order valence-electron chi connectivity index (χ4n) is 2.25. The van der Waals surface area contributed by atoms with E-state index in [0.717, 1.165) is 11.4 Å². The van der Waals surface area contributed by atoms with Crippen molar-refractivity contribution in [3.63, 3.8) is 0 Å². The third-order valence-electron chi connectivity index (χ3n) is 3.53. The van der Waals surface area contributed by atoms with Gasteiger partial charge in [0.1, 0.15) is 5.75 Å². The van der Waals surface area contributed by atoms with Crippen molar-refractivity contribution >= 4 is 55.6 Å². The number of nitrogens with zero attached hydrogens (tertiary/aromatic N) is 2. The van der Waals surface area contributed by atoms with E-state index in [1.54, 1.807) is 18.3 Å². The Morgan fingerprint density at radius 3 is 2.46 bits per heavy atom. The number of nitrogens with one attached hydrogen (secondary N) is 1. The summed E-state index contributed by atoms with van der Waals surface area (Å²) in [5.41, 5.74) is 4.55. The minimum atomic E-state index is -0.396. The van der Waals surface area contributed by atoms with Gasteiger partial charge in [0.2, 0.25) is 0 Å². The molecule has 0 atom stereocenters. The molecule has 0 spiro atoms. The van der Waals surface area contributed by atoms with Crippen LogP contribution in [-0.4, -0.2) is 21.8 Å². The number of aromatic nitrogens is 1. The Morgan fingerprint density at radius 1 is 1.15 bits per heavy atom. The predicted molar refractivity (Wildman–Crippen MR) is 109 cm³/mol. The summed E-state index contributed by atoms with van der Waals surface area (Å²) in [5, 5.41) is 14.4. The first-order chi connectivity index (χ1) is 12.5. The van der Waals surface area contributed by atoms with E-state index in [2.05, 4.69) is 42.4 Å². The first kappa shape index (κ1) is 18.7. The molecule has 0 saturated carbocycles. The second-order valence-electron chi connectivity index (χ2n) is 5.27. The highest BCUT2D eigenvalue weighted by Gasteiger charge is 2.11. The fraction of sp³-hybridized carbons (Fsp3) is 0. The van der Waals surface area contributed by atoms with Crippen LogP contribution in [0.3, 0.4) is 0 Å². The molecule has 0 saturated heterocycles. The number of carbonyl (C=O) groups is 1. The lowest BCUT2D eigenvalue weighted by molar-refractivity contribution is 0.0955. The van der Waals surface area contributed by atoms with E-state index >= 15 is 0 Å². The number of hydrogen-bond acceptors (Lipinski definition) is 3. The van der Waals surface area contributed by atoms with Crippen molar-refractivity contribution in [2.75, 3.05) is 0 Å². The third-order valence-corrected chi connectivity index (χ3v) is 4.99. The molecule has 0 aliphatic carbocycles. The number of hydrogen-bond donors (Lipinski definition) is 2. The molecule has 0 bridgehead atoms. The van der Waals surface area contributed by atoms with Crippen molar-refractivity contribution in [3.8, 4) is 11.4 Å². The number of halogens is 3. The molecule has 3 rings (SSSR count). The molecular weight excluding hydrogens is 485 g/mol. The maximum absolute atomic E-state index is 12.2. The predicted octanol–water partition coefficient (Wildman–Crippen LogP) is 5.13. The number of aromatic hydroxyl groups is 1. The number of amides is 1. The van der Waals surface area contributed by atoms with Crippen LogP contribution >= 0.6 is 43.5 Å². The molecule has 2 aromatic carbocycles. The number of phenolic OH excluding ortho intramolecular Hbond substituents is 1. The van der Waals surface area contributed by atoms with E-state index < -0.39 is 5.91 Å². The molecule has 3 aromatic rings. The van der Waals surface area contributed by atoms with Gasteiger partial charge in [-0.1, -0.05) is 11.6 Å². The van der Waals surface area contributed by atoms with Crippen LogP contribution in [0.4, 0.5) is 0 Å². The Morgan fingerprint density at radius 2 is 1.81 bits per heavy atom. The van der Waals surface area contributed by atoms with E-state index in [0.29, 0.717) is 19.5 Å². The third kappa shape index (κ3) is 4.17. The van der Waals surface area contributed by atoms with Crippen molar-refractivity contribution in [1.82, 2.24) is 9.99 Å². The van der Waals surface area contributed by atoms with Gasteiger partial charge in [-0.05, 0) is 80.4 Å². The monoisotopic (exact) mass is 495 g/mol.